The van der Waals surface area contributed by atoms with E-state index in [9.17, 15) is 9.59 Å². The summed E-state index contributed by atoms with van der Waals surface area (Å²) in [6.07, 6.45) is 2.20. The molecule has 0 N–H and O–H groups in total. The van der Waals surface area contributed by atoms with Gasteiger partial charge in [-0.25, -0.2) is 0 Å². The molecule has 0 unspecified atom stereocenters. The van der Waals surface area contributed by atoms with Gasteiger partial charge in [-0.1, -0.05) is 12.1 Å². The first-order valence-corrected chi connectivity index (χ1v) is 6.66. The summed E-state index contributed by atoms with van der Waals surface area (Å²) in [7, 11) is 0. The Morgan fingerprint density at radius 2 is 2.10 bits per heavy atom. The third kappa shape index (κ3) is 2.03. The fourth-order valence-corrected chi connectivity index (χ4v) is 2.65. The van der Waals surface area contributed by atoms with Crippen molar-refractivity contribution in [3.63, 3.8) is 0 Å². The summed E-state index contributed by atoms with van der Waals surface area (Å²) in [4.78, 5) is 24.4. The van der Waals surface area contributed by atoms with E-state index in [-0.39, 0.29) is 5.91 Å². The van der Waals surface area contributed by atoms with Crippen molar-refractivity contribution in [2.75, 3.05) is 11.4 Å². The molecule has 0 spiro atoms. The highest BCUT2D eigenvalue weighted by Crippen LogP contribution is 2.33. The van der Waals surface area contributed by atoms with Crippen molar-refractivity contribution in [2.45, 2.75) is 19.8 Å². The zero-order valence-corrected chi connectivity index (χ0v) is 11.3. The molecule has 2 heterocycles. The average Bonchev–Trinajstić information content (AvgIpc) is 3.08. The zero-order chi connectivity index (χ0) is 14.1. The summed E-state index contributed by atoms with van der Waals surface area (Å²) < 4.78 is 5.47. The van der Waals surface area contributed by atoms with Gasteiger partial charge in [0.1, 0.15) is 5.76 Å². The molecule has 1 aliphatic heterocycles. The van der Waals surface area contributed by atoms with Crippen LogP contribution in [0.15, 0.2) is 34.7 Å². The van der Waals surface area contributed by atoms with E-state index < -0.39 is 0 Å². The van der Waals surface area contributed by atoms with Crippen molar-refractivity contribution in [1.82, 2.24) is 0 Å². The molecule has 4 heteroatoms. The lowest BCUT2D eigenvalue weighted by atomic mass is 10.0. The Balaban J connectivity index is 2.04. The van der Waals surface area contributed by atoms with Gasteiger partial charge in [-0.15, -0.1) is 0 Å². The van der Waals surface area contributed by atoms with Crippen LogP contribution in [0, 0.1) is 6.92 Å². The van der Waals surface area contributed by atoms with Crippen LogP contribution in [0.2, 0.25) is 0 Å². The van der Waals surface area contributed by atoms with E-state index >= 15 is 0 Å². The summed E-state index contributed by atoms with van der Waals surface area (Å²) in [5, 5.41) is 0. The highest BCUT2D eigenvalue weighted by atomic mass is 16.3. The number of carbonyl (C=O) groups excluding carboxylic acids is 2. The van der Waals surface area contributed by atoms with Crippen molar-refractivity contribution in [1.29, 1.82) is 0 Å². The molecule has 102 valence electrons. The Kier molecular flexibility index (Phi) is 3.14. The highest BCUT2D eigenvalue weighted by Gasteiger charge is 2.24. The minimum absolute atomic E-state index is 0.165. The monoisotopic (exact) mass is 269 g/mol. The van der Waals surface area contributed by atoms with Crippen molar-refractivity contribution in [3.8, 4) is 11.3 Å². The topological polar surface area (TPSA) is 50.5 Å². The van der Waals surface area contributed by atoms with Crippen molar-refractivity contribution in [2.24, 2.45) is 0 Å². The van der Waals surface area contributed by atoms with Crippen LogP contribution in [0.25, 0.3) is 11.3 Å². The quantitative estimate of drug-likeness (QED) is 0.804. The molecule has 0 aliphatic carbocycles. The van der Waals surface area contributed by atoms with Gasteiger partial charge < -0.3 is 9.32 Å². The molecule has 1 fully saturated rings. The normalized spacial score (nSPS) is 14.8. The van der Waals surface area contributed by atoms with E-state index in [2.05, 4.69) is 0 Å². The van der Waals surface area contributed by atoms with E-state index in [4.69, 9.17) is 4.42 Å². The number of rotatable bonds is 3. The molecule has 1 aromatic carbocycles. The van der Waals surface area contributed by atoms with E-state index in [0.717, 1.165) is 29.8 Å². The number of furan rings is 1. The van der Waals surface area contributed by atoms with E-state index in [1.54, 1.807) is 12.1 Å². The predicted molar refractivity (Wildman–Crippen MR) is 75.9 cm³/mol. The predicted octanol–water partition coefficient (Wildman–Crippen LogP) is 3.19. The molecule has 0 radical (unpaired) electrons. The second-order valence-electron chi connectivity index (χ2n) is 4.92. The lowest BCUT2D eigenvalue weighted by Gasteiger charge is -2.19. The van der Waals surface area contributed by atoms with Crippen LogP contribution in [0.3, 0.4) is 0 Å². The molecule has 1 aliphatic rings. The number of hydrogen-bond donors (Lipinski definition) is 0. The number of anilines is 1. The van der Waals surface area contributed by atoms with Gasteiger partial charge in [0.15, 0.2) is 12.0 Å². The first-order chi connectivity index (χ1) is 9.70. The van der Waals surface area contributed by atoms with E-state index in [0.29, 0.717) is 24.2 Å². The number of carbonyl (C=O) groups is 2. The maximum absolute atomic E-state index is 11.9. The lowest BCUT2D eigenvalue weighted by Crippen LogP contribution is -2.24. The van der Waals surface area contributed by atoms with Gasteiger partial charge in [0, 0.05) is 24.2 Å². The Hall–Kier alpha value is -2.36. The summed E-state index contributed by atoms with van der Waals surface area (Å²) in [5.74, 6) is 1.12. The minimum Gasteiger partial charge on any atom is -0.453 e. The van der Waals surface area contributed by atoms with Crippen LogP contribution in [0.1, 0.15) is 29.0 Å². The minimum atomic E-state index is 0.165. The Morgan fingerprint density at radius 3 is 2.75 bits per heavy atom. The molecule has 0 atom stereocenters. The third-order valence-electron chi connectivity index (χ3n) is 3.68. The molecule has 4 nitrogen and oxygen atoms in total. The first-order valence-electron chi connectivity index (χ1n) is 6.66. The smallest absolute Gasteiger partial charge is 0.227 e. The van der Waals surface area contributed by atoms with Crippen LogP contribution in [0.5, 0.6) is 0 Å². The van der Waals surface area contributed by atoms with Crippen LogP contribution in [-0.4, -0.2) is 18.7 Å². The molecule has 2 aromatic rings. The number of hydrogen-bond acceptors (Lipinski definition) is 3. The summed E-state index contributed by atoms with van der Waals surface area (Å²) in [6.45, 7) is 2.74. The van der Waals surface area contributed by atoms with Crippen LogP contribution >= 0.6 is 0 Å². The summed E-state index contributed by atoms with van der Waals surface area (Å²) in [6, 6.07) is 9.22. The Bertz CT molecular complexity index is 672. The van der Waals surface area contributed by atoms with E-state index in [1.807, 2.05) is 30.0 Å². The Morgan fingerprint density at radius 1 is 1.25 bits per heavy atom. The highest BCUT2D eigenvalue weighted by molar-refractivity contribution is 5.97. The van der Waals surface area contributed by atoms with Crippen LogP contribution in [0.4, 0.5) is 5.69 Å². The maximum atomic E-state index is 11.9. The van der Waals surface area contributed by atoms with Gasteiger partial charge in [-0.05, 0) is 37.1 Å². The zero-order valence-electron chi connectivity index (χ0n) is 11.3. The van der Waals surface area contributed by atoms with Crippen molar-refractivity contribution >= 4 is 17.9 Å². The molecular weight excluding hydrogens is 254 g/mol. The number of amides is 1. The molecule has 0 saturated carbocycles. The largest absolute Gasteiger partial charge is 0.453 e. The molecule has 0 bridgehead atoms. The molecule has 3 rings (SSSR count). The van der Waals surface area contributed by atoms with E-state index in [1.165, 1.54) is 0 Å². The van der Waals surface area contributed by atoms with Gasteiger partial charge >= 0.3 is 0 Å². The second-order valence-corrected chi connectivity index (χ2v) is 4.92. The summed E-state index contributed by atoms with van der Waals surface area (Å²) >= 11 is 0. The number of benzene rings is 1. The van der Waals surface area contributed by atoms with Crippen LogP contribution < -0.4 is 4.90 Å². The van der Waals surface area contributed by atoms with Crippen LogP contribution in [-0.2, 0) is 4.79 Å². The van der Waals surface area contributed by atoms with Gasteiger partial charge in [0.05, 0.1) is 0 Å². The lowest BCUT2D eigenvalue weighted by molar-refractivity contribution is -0.117. The fourth-order valence-electron chi connectivity index (χ4n) is 2.65. The van der Waals surface area contributed by atoms with Crippen molar-refractivity contribution < 1.29 is 14.0 Å². The number of aldehydes is 1. The van der Waals surface area contributed by atoms with Gasteiger partial charge in [-0.2, -0.15) is 0 Å². The van der Waals surface area contributed by atoms with Gasteiger partial charge in [-0.3, -0.25) is 9.59 Å². The third-order valence-corrected chi connectivity index (χ3v) is 3.68. The molecule has 20 heavy (non-hydrogen) atoms. The maximum Gasteiger partial charge on any atom is 0.227 e. The van der Waals surface area contributed by atoms with Gasteiger partial charge in [0.2, 0.25) is 5.91 Å². The molecule has 1 saturated heterocycles. The average molecular weight is 269 g/mol. The molecular formula is C16H15NO3. The standard InChI is InChI=1S/C16H15NO3/c1-11-13(15-8-7-12(10-18)20-15)4-2-5-14(11)17-9-3-6-16(17)19/h2,4-5,7-8,10H,3,6,9H2,1H3. The summed E-state index contributed by atoms with van der Waals surface area (Å²) in [5.41, 5.74) is 2.83. The molecule has 1 aromatic heterocycles. The SMILES string of the molecule is Cc1c(-c2ccc(C=O)o2)cccc1N1CCCC1=O. The fraction of sp³-hybridized carbons (Fsp3) is 0.250. The number of nitrogens with zero attached hydrogens (tertiary/aromatic N) is 1. The molecule has 1 amide bonds. The van der Waals surface area contributed by atoms with Gasteiger partial charge in [0.25, 0.3) is 0 Å². The first kappa shape index (κ1) is 12.7. The second kappa shape index (κ2) is 4.96. The Labute approximate surface area is 117 Å². The van der Waals surface area contributed by atoms with Crippen molar-refractivity contribution in [3.05, 3.63) is 41.7 Å².